The topological polar surface area (TPSA) is 55.4 Å². The number of hydrogen-bond donors (Lipinski definition) is 1. The second-order valence-corrected chi connectivity index (χ2v) is 4.34. The zero-order valence-corrected chi connectivity index (χ0v) is 10.9. The summed E-state index contributed by atoms with van der Waals surface area (Å²) in [7, 11) is 0. The Bertz CT molecular complexity index is 209. The number of hydrogen-bond acceptors (Lipinski definition) is 4. The summed E-state index contributed by atoms with van der Waals surface area (Å²) in [6.07, 6.45) is 3.30. The summed E-state index contributed by atoms with van der Waals surface area (Å²) in [5.74, 6) is 0.304. The summed E-state index contributed by atoms with van der Waals surface area (Å²) in [5, 5.41) is 2.81. The third-order valence-corrected chi connectivity index (χ3v) is 2.77. The number of amides is 1. The molecule has 0 heterocycles. The Labute approximate surface area is 101 Å². The lowest BCUT2D eigenvalue weighted by Crippen LogP contribution is -2.26. The molecule has 16 heavy (non-hydrogen) atoms. The van der Waals surface area contributed by atoms with E-state index in [1.54, 1.807) is 6.92 Å². The number of carbonyl (C=O) groups is 2. The van der Waals surface area contributed by atoms with Crippen molar-refractivity contribution >= 4 is 23.6 Å². The van der Waals surface area contributed by atoms with E-state index in [1.165, 1.54) is 11.8 Å². The highest BCUT2D eigenvalue weighted by Gasteiger charge is 2.05. The van der Waals surface area contributed by atoms with Crippen LogP contribution in [0.25, 0.3) is 0 Å². The molecule has 0 bridgehead atoms. The normalized spacial score (nSPS) is 9.88. The maximum Gasteiger partial charge on any atom is 0.315 e. The number of carbonyl (C=O) groups excluding carboxylic acids is 2. The molecule has 0 aliphatic rings. The van der Waals surface area contributed by atoms with Crippen LogP contribution in [0.1, 0.15) is 33.1 Å². The fourth-order valence-electron chi connectivity index (χ4n) is 1.08. The van der Waals surface area contributed by atoms with Crippen molar-refractivity contribution in [1.29, 1.82) is 0 Å². The SMILES string of the molecule is CCCCCNC(=O)CSCC(=O)OCC. The minimum absolute atomic E-state index is 0.00889. The Hall–Kier alpha value is -0.710. The van der Waals surface area contributed by atoms with Gasteiger partial charge in [0.1, 0.15) is 0 Å². The molecule has 0 aliphatic carbocycles. The van der Waals surface area contributed by atoms with Crippen LogP contribution in [0.2, 0.25) is 0 Å². The van der Waals surface area contributed by atoms with E-state index in [1.807, 2.05) is 0 Å². The molecular formula is C11H21NO3S. The van der Waals surface area contributed by atoms with Gasteiger partial charge in [0.15, 0.2) is 0 Å². The van der Waals surface area contributed by atoms with Crippen LogP contribution in [0, 0.1) is 0 Å². The molecule has 0 fully saturated rings. The van der Waals surface area contributed by atoms with Crippen molar-refractivity contribution in [3.63, 3.8) is 0 Å². The van der Waals surface area contributed by atoms with Gasteiger partial charge < -0.3 is 10.1 Å². The highest BCUT2D eigenvalue weighted by Crippen LogP contribution is 2.00. The van der Waals surface area contributed by atoms with Crippen molar-refractivity contribution in [2.75, 3.05) is 24.7 Å². The number of esters is 1. The molecule has 0 aromatic rings. The maximum absolute atomic E-state index is 11.3. The standard InChI is InChI=1S/C11H21NO3S/c1-3-5-6-7-12-10(13)8-16-9-11(14)15-4-2/h3-9H2,1-2H3,(H,12,13). The van der Waals surface area contributed by atoms with Gasteiger partial charge in [-0.3, -0.25) is 9.59 Å². The van der Waals surface area contributed by atoms with Gasteiger partial charge in [-0.15, -0.1) is 11.8 Å². The lowest BCUT2D eigenvalue weighted by Gasteiger charge is -2.04. The summed E-state index contributed by atoms with van der Waals surface area (Å²) in [6, 6.07) is 0. The largest absolute Gasteiger partial charge is 0.465 e. The van der Waals surface area contributed by atoms with Gasteiger partial charge in [-0.2, -0.15) is 0 Å². The summed E-state index contributed by atoms with van der Waals surface area (Å²) in [5.41, 5.74) is 0. The average molecular weight is 247 g/mol. The highest BCUT2D eigenvalue weighted by molar-refractivity contribution is 8.00. The van der Waals surface area contributed by atoms with Gasteiger partial charge in [0.25, 0.3) is 0 Å². The first kappa shape index (κ1) is 15.3. The third kappa shape index (κ3) is 9.83. The molecule has 0 aromatic heterocycles. The van der Waals surface area contributed by atoms with E-state index in [0.29, 0.717) is 12.4 Å². The highest BCUT2D eigenvalue weighted by atomic mass is 32.2. The van der Waals surface area contributed by atoms with Gasteiger partial charge >= 0.3 is 5.97 Å². The van der Waals surface area contributed by atoms with Crippen LogP contribution in [-0.4, -0.2) is 36.5 Å². The van der Waals surface area contributed by atoms with Crippen LogP contribution in [-0.2, 0) is 14.3 Å². The first-order valence-electron chi connectivity index (χ1n) is 5.70. The van der Waals surface area contributed by atoms with Crippen molar-refractivity contribution < 1.29 is 14.3 Å². The van der Waals surface area contributed by atoms with Crippen LogP contribution >= 0.6 is 11.8 Å². The lowest BCUT2D eigenvalue weighted by atomic mass is 10.2. The quantitative estimate of drug-likeness (QED) is 0.496. The Morgan fingerprint density at radius 2 is 1.94 bits per heavy atom. The maximum atomic E-state index is 11.3. The van der Waals surface area contributed by atoms with Gasteiger partial charge in [-0.05, 0) is 13.3 Å². The predicted octanol–water partition coefficient (Wildman–Crippen LogP) is 1.59. The van der Waals surface area contributed by atoms with E-state index in [2.05, 4.69) is 12.2 Å². The molecule has 1 amide bonds. The molecule has 0 spiro atoms. The zero-order valence-electron chi connectivity index (χ0n) is 10.1. The fraction of sp³-hybridized carbons (Fsp3) is 0.818. The molecule has 5 heteroatoms. The van der Waals surface area contributed by atoms with Gasteiger partial charge in [0, 0.05) is 6.54 Å². The van der Waals surface area contributed by atoms with Crippen molar-refractivity contribution in [2.24, 2.45) is 0 Å². The van der Waals surface area contributed by atoms with Crippen molar-refractivity contribution in [2.45, 2.75) is 33.1 Å². The van der Waals surface area contributed by atoms with Crippen LogP contribution < -0.4 is 5.32 Å². The van der Waals surface area contributed by atoms with E-state index >= 15 is 0 Å². The fourth-order valence-corrected chi connectivity index (χ4v) is 1.72. The summed E-state index contributed by atoms with van der Waals surface area (Å²) < 4.78 is 4.75. The van der Waals surface area contributed by atoms with E-state index in [4.69, 9.17) is 4.74 Å². The summed E-state index contributed by atoms with van der Waals surface area (Å²) >= 11 is 1.29. The number of rotatable bonds is 9. The van der Waals surface area contributed by atoms with Gasteiger partial charge in [-0.25, -0.2) is 0 Å². The van der Waals surface area contributed by atoms with Crippen LogP contribution in [0.15, 0.2) is 0 Å². The lowest BCUT2D eigenvalue weighted by molar-refractivity contribution is -0.139. The molecule has 94 valence electrons. The van der Waals surface area contributed by atoms with Crippen LogP contribution in [0.3, 0.4) is 0 Å². The number of ether oxygens (including phenoxy) is 1. The Morgan fingerprint density at radius 1 is 1.19 bits per heavy atom. The summed E-state index contributed by atoms with van der Waals surface area (Å²) in [4.78, 5) is 22.2. The van der Waals surface area contributed by atoms with E-state index in [0.717, 1.165) is 25.8 Å². The number of nitrogens with one attached hydrogen (secondary N) is 1. The molecule has 0 saturated heterocycles. The molecule has 1 N–H and O–H groups in total. The van der Waals surface area contributed by atoms with E-state index in [9.17, 15) is 9.59 Å². The first-order chi connectivity index (χ1) is 7.70. The van der Waals surface area contributed by atoms with Gasteiger partial charge in [0.05, 0.1) is 18.1 Å². The van der Waals surface area contributed by atoms with Gasteiger partial charge in [-0.1, -0.05) is 19.8 Å². The number of unbranched alkanes of at least 4 members (excludes halogenated alkanes) is 2. The molecule has 0 rings (SSSR count). The second-order valence-electron chi connectivity index (χ2n) is 3.35. The van der Waals surface area contributed by atoms with Crippen molar-refractivity contribution in [3.8, 4) is 0 Å². The first-order valence-corrected chi connectivity index (χ1v) is 6.86. The van der Waals surface area contributed by atoms with Crippen LogP contribution in [0.4, 0.5) is 0 Å². The Balaban J connectivity index is 3.33. The molecular weight excluding hydrogens is 226 g/mol. The molecule has 0 aliphatic heterocycles. The number of thioether (sulfide) groups is 1. The molecule has 0 radical (unpaired) electrons. The van der Waals surface area contributed by atoms with Crippen molar-refractivity contribution in [1.82, 2.24) is 5.32 Å². The summed E-state index contributed by atoms with van der Waals surface area (Å²) in [6.45, 7) is 5.01. The molecule has 0 atom stereocenters. The molecule has 0 unspecified atom stereocenters. The van der Waals surface area contributed by atoms with Crippen molar-refractivity contribution in [3.05, 3.63) is 0 Å². The Kier molecular flexibility index (Phi) is 10.3. The van der Waals surface area contributed by atoms with E-state index < -0.39 is 0 Å². The average Bonchev–Trinajstić information content (AvgIpc) is 2.25. The predicted molar refractivity (Wildman–Crippen MR) is 66.5 cm³/mol. The second kappa shape index (κ2) is 10.8. The van der Waals surface area contributed by atoms with Crippen LogP contribution in [0.5, 0.6) is 0 Å². The smallest absolute Gasteiger partial charge is 0.315 e. The van der Waals surface area contributed by atoms with Gasteiger partial charge in [0.2, 0.25) is 5.91 Å². The zero-order chi connectivity index (χ0) is 12.2. The minimum Gasteiger partial charge on any atom is -0.465 e. The molecule has 4 nitrogen and oxygen atoms in total. The molecule has 0 saturated carbocycles. The Morgan fingerprint density at radius 3 is 2.56 bits per heavy atom. The minimum atomic E-state index is -0.258. The third-order valence-electron chi connectivity index (χ3n) is 1.86. The monoisotopic (exact) mass is 247 g/mol. The molecule has 0 aromatic carbocycles. The van der Waals surface area contributed by atoms with E-state index in [-0.39, 0.29) is 17.6 Å².